The SMILES string of the molecule is Cc1ccc(NCCc2cccc3ccccc23)cc1Cl. The van der Waals surface area contributed by atoms with Crippen LogP contribution in [0.1, 0.15) is 11.1 Å². The molecule has 3 rings (SSSR count). The van der Waals surface area contributed by atoms with Crippen molar-refractivity contribution in [3.63, 3.8) is 0 Å². The van der Waals surface area contributed by atoms with E-state index in [-0.39, 0.29) is 0 Å². The van der Waals surface area contributed by atoms with E-state index in [0.29, 0.717) is 0 Å². The van der Waals surface area contributed by atoms with Crippen molar-refractivity contribution in [3.05, 3.63) is 76.8 Å². The zero-order chi connectivity index (χ0) is 14.7. The summed E-state index contributed by atoms with van der Waals surface area (Å²) in [5.41, 5.74) is 3.56. The van der Waals surface area contributed by atoms with Gasteiger partial charge in [0.2, 0.25) is 0 Å². The number of anilines is 1. The average Bonchev–Trinajstić information content (AvgIpc) is 2.51. The Hall–Kier alpha value is -1.99. The van der Waals surface area contributed by atoms with E-state index in [2.05, 4.69) is 53.8 Å². The molecule has 106 valence electrons. The molecule has 0 unspecified atom stereocenters. The van der Waals surface area contributed by atoms with E-state index in [9.17, 15) is 0 Å². The lowest BCUT2D eigenvalue weighted by molar-refractivity contribution is 1.03. The second-order valence-electron chi connectivity index (χ2n) is 5.28. The average molecular weight is 296 g/mol. The summed E-state index contributed by atoms with van der Waals surface area (Å²) in [6.07, 6.45) is 0.993. The van der Waals surface area contributed by atoms with Gasteiger partial charge in [-0.1, -0.05) is 60.1 Å². The minimum Gasteiger partial charge on any atom is -0.385 e. The molecule has 3 aromatic rings. The van der Waals surface area contributed by atoms with E-state index in [4.69, 9.17) is 11.6 Å². The molecule has 21 heavy (non-hydrogen) atoms. The molecule has 1 N–H and O–H groups in total. The largest absolute Gasteiger partial charge is 0.385 e. The summed E-state index contributed by atoms with van der Waals surface area (Å²) in [4.78, 5) is 0. The number of halogens is 1. The van der Waals surface area contributed by atoms with Crippen molar-refractivity contribution in [3.8, 4) is 0 Å². The van der Waals surface area contributed by atoms with Gasteiger partial charge in [0.05, 0.1) is 0 Å². The molecule has 0 fully saturated rings. The summed E-state index contributed by atoms with van der Waals surface area (Å²) in [5, 5.41) is 6.89. The lowest BCUT2D eigenvalue weighted by atomic mass is 10.0. The Balaban J connectivity index is 1.70. The highest BCUT2D eigenvalue weighted by Crippen LogP contribution is 2.21. The predicted molar refractivity (Wildman–Crippen MR) is 92.3 cm³/mol. The molecule has 0 spiro atoms. The highest BCUT2D eigenvalue weighted by Gasteiger charge is 2.01. The van der Waals surface area contributed by atoms with Crippen molar-refractivity contribution >= 4 is 28.1 Å². The Morgan fingerprint density at radius 2 is 1.76 bits per heavy atom. The van der Waals surface area contributed by atoms with E-state index in [1.165, 1.54) is 16.3 Å². The van der Waals surface area contributed by atoms with Crippen LogP contribution in [0.5, 0.6) is 0 Å². The van der Waals surface area contributed by atoms with Gasteiger partial charge in [-0.25, -0.2) is 0 Å². The molecule has 3 aromatic carbocycles. The molecule has 0 aliphatic heterocycles. The number of fused-ring (bicyclic) bond motifs is 1. The van der Waals surface area contributed by atoms with Gasteiger partial charge in [-0.15, -0.1) is 0 Å². The van der Waals surface area contributed by atoms with Gasteiger partial charge in [0, 0.05) is 17.3 Å². The monoisotopic (exact) mass is 295 g/mol. The second-order valence-corrected chi connectivity index (χ2v) is 5.69. The van der Waals surface area contributed by atoms with Crippen LogP contribution >= 0.6 is 11.6 Å². The van der Waals surface area contributed by atoms with E-state index >= 15 is 0 Å². The van der Waals surface area contributed by atoms with Crippen molar-refractivity contribution in [2.24, 2.45) is 0 Å². The van der Waals surface area contributed by atoms with Crippen LogP contribution < -0.4 is 5.32 Å². The zero-order valence-electron chi connectivity index (χ0n) is 12.1. The van der Waals surface area contributed by atoms with Gasteiger partial charge in [-0.2, -0.15) is 0 Å². The standard InChI is InChI=1S/C19H18ClN/c1-14-9-10-17(13-19(14)20)21-12-11-16-7-4-6-15-5-2-3-8-18(15)16/h2-10,13,21H,11-12H2,1H3. The number of hydrogen-bond donors (Lipinski definition) is 1. The molecule has 0 radical (unpaired) electrons. The van der Waals surface area contributed by atoms with E-state index in [1.807, 2.05) is 19.1 Å². The van der Waals surface area contributed by atoms with Crippen molar-refractivity contribution < 1.29 is 0 Å². The predicted octanol–water partition coefficient (Wildman–Crippen LogP) is 5.46. The van der Waals surface area contributed by atoms with E-state index in [1.54, 1.807) is 0 Å². The Labute approximate surface area is 130 Å². The topological polar surface area (TPSA) is 12.0 Å². The number of aryl methyl sites for hydroxylation is 1. The molecule has 0 amide bonds. The number of hydrogen-bond acceptors (Lipinski definition) is 1. The molecule has 0 saturated carbocycles. The molecule has 0 aliphatic rings. The molecule has 1 nitrogen and oxygen atoms in total. The summed E-state index contributed by atoms with van der Waals surface area (Å²) in [6.45, 7) is 2.91. The fourth-order valence-corrected chi connectivity index (χ4v) is 2.74. The van der Waals surface area contributed by atoms with Crippen LogP contribution in [0.3, 0.4) is 0 Å². The fraction of sp³-hybridized carbons (Fsp3) is 0.158. The highest BCUT2D eigenvalue weighted by atomic mass is 35.5. The smallest absolute Gasteiger partial charge is 0.0455 e. The third kappa shape index (κ3) is 3.20. The Morgan fingerprint density at radius 1 is 0.952 bits per heavy atom. The van der Waals surface area contributed by atoms with Gasteiger partial charge >= 0.3 is 0 Å². The third-order valence-corrected chi connectivity index (χ3v) is 4.18. The fourth-order valence-electron chi connectivity index (χ4n) is 2.55. The number of rotatable bonds is 4. The maximum Gasteiger partial charge on any atom is 0.0455 e. The molecular formula is C19H18ClN. The first-order valence-corrected chi connectivity index (χ1v) is 7.58. The van der Waals surface area contributed by atoms with Crippen LogP contribution in [0.25, 0.3) is 10.8 Å². The number of nitrogens with one attached hydrogen (secondary N) is 1. The highest BCUT2D eigenvalue weighted by molar-refractivity contribution is 6.31. The van der Waals surface area contributed by atoms with E-state index < -0.39 is 0 Å². The molecular weight excluding hydrogens is 278 g/mol. The Morgan fingerprint density at radius 3 is 2.62 bits per heavy atom. The lowest BCUT2D eigenvalue weighted by Gasteiger charge is -2.10. The minimum atomic E-state index is 0.810. The van der Waals surface area contributed by atoms with Crippen molar-refractivity contribution in [1.29, 1.82) is 0 Å². The van der Waals surface area contributed by atoms with Crippen molar-refractivity contribution in [1.82, 2.24) is 0 Å². The summed E-state index contributed by atoms with van der Waals surface area (Å²) < 4.78 is 0. The summed E-state index contributed by atoms with van der Waals surface area (Å²) in [6, 6.07) is 21.1. The van der Waals surface area contributed by atoms with Gasteiger partial charge in [0.1, 0.15) is 0 Å². The molecule has 2 heteroatoms. The van der Waals surface area contributed by atoms with Gasteiger partial charge in [-0.05, 0) is 47.4 Å². The molecule has 0 atom stereocenters. The number of benzene rings is 3. The zero-order valence-corrected chi connectivity index (χ0v) is 12.8. The summed E-state index contributed by atoms with van der Waals surface area (Å²) in [7, 11) is 0. The first-order valence-electron chi connectivity index (χ1n) is 7.21. The van der Waals surface area contributed by atoms with E-state index in [0.717, 1.165) is 29.2 Å². The first kappa shape index (κ1) is 14.0. The minimum absolute atomic E-state index is 0.810. The Kier molecular flexibility index (Phi) is 4.12. The lowest BCUT2D eigenvalue weighted by Crippen LogP contribution is -2.05. The van der Waals surface area contributed by atoms with Crippen LogP contribution in [0.4, 0.5) is 5.69 Å². The first-order chi connectivity index (χ1) is 10.2. The molecule has 0 heterocycles. The molecule has 0 aliphatic carbocycles. The summed E-state index contributed by atoms with van der Waals surface area (Å²) >= 11 is 6.15. The van der Waals surface area contributed by atoms with Crippen LogP contribution in [0, 0.1) is 6.92 Å². The van der Waals surface area contributed by atoms with Crippen LogP contribution in [0.2, 0.25) is 5.02 Å². The van der Waals surface area contributed by atoms with Gasteiger partial charge in [-0.3, -0.25) is 0 Å². The normalized spacial score (nSPS) is 10.8. The van der Waals surface area contributed by atoms with Gasteiger partial charge in [0.25, 0.3) is 0 Å². The molecule has 0 aromatic heterocycles. The third-order valence-electron chi connectivity index (χ3n) is 3.78. The quantitative estimate of drug-likeness (QED) is 0.674. The van der Waals surface area contributed by atoms with Crippen LogP contribution in [-0.2, 0) is 6.42 Å². The van der Waals surface area contributed by atoms with Gasteiger partial charge in [0.15, 0.2) is 0 Å². The van der Waals surface area contributed by atoms with Gasteiger partial charge < -0.3 is 5.32 Å². The molecule has 0 bridgehead atoms. The van der Waals surface area contributed by atoms with Crippen molar-refractivity contribution in [2.75, 3.05) is 11.9 Å². The molecule has 0 saturated heterocycles. The second kappa shape index (κ2) is 6.19. The van der Waals surface area contributed by atoms with Crippen LogP contribution in [0.15, 0.2) is 60.7 Å². The van der Waals surface area contributed by atoms with Crippen LogP contribution in [-0.4, -0.2) is 6.54 Å². The maximum absolute atomic E-state index is 6.15. The maximum atomic E-state index is 6.15. The Bertz CT molecular complexity index is 759. The van der Waals surface area contributed by atoms with Crippen molar-refractivity contribution in [2.45, 2.75) is 13.3 Å². The summed E-state index contributed by atoms with van der Waals surface area (Å²) in [5.74, 6) is 0.